The molecule has 0 atom stereocenters. The second-order valence-electron chi connectivity index (χ2n) is 4.44. The molecule has 3 N–H and O–H groups in total. The maximum Gasteiger partial charge on any atom is 0.244 e. The third-order valence-electron chi connectivity index (χ3n) is 3.07. The Hall–Kier alpha value is -0.340. The van der Waals surface area contributed by atoms with E-state index in [0.717, 1.165) is 0 Å². The summed E-state index contributed by atoms with van der Waals surface area (Å²) in [6.07, 6.45) is 0.444. The van der Waals surface area contributed by atoms with Gasteiger partial charge in [0.2, 0.25) is 10.0 Å². The van der Waals surface area contributed by atoms with E-state index >= 15 is 0 Å². The van der Waals surface area contributed by atoms with Crippen molar-refractivity contribution in [3.8, 4) is 0 Å². The molecule has 2 rings (SSSR count). The van der Waals surface area contributed by atoms with Gasteiger partial charge in [-0.25, -0.2) is 8.42 Å². The molecule has 0 radical (unpaired) electrons. The minimum absolute atomic E-state index is 0.0638. The first-order valence-corrected chi connectivity index (χ1v) is 8.36. The Morgan fingerprint density at radius 2 is 1.95 bits per heavy atom. The van der Waals surface area contributed by atoms with E-state index < -0.39 is 16.1 Å². The van der Waals surface area contributed by atoms with E-state index in [1.807, 2.05) is 0 Å². The molecule has 0 aliphatic carbocycles. The van der Waals surface area contributed by atoms with E-state index in [1.165, 1.54) is 16.4 Å². The molecule has 1 saturated heterocycles. The summed E-state index contributed by atoms with van der Waals surface area (Å²) in [4.78, 5) is 0.0638. The Morgan fingerprint density at radius 3 is 2.53 bits per heavy atom. The van der Waals surface area contributed by atoms with Gasteiger partial charge in [0.25, 0.3) is 0 Å². The lowest BCUT2D eigenvalue weighted by Gasteiger charge is -2.29. The van der Waals surface area contributed by atoms with Gasteiger partial charge in [-0.2, -0.15) is 4.31 Å². The summed E-state index contributed by atoms with van der Waals surface area (Å²) in [6.45, 7) is 0.588. The Balaban J connectivity index is 2.40. The molecule has 0 saturated carbocycles. The van der Waals surface area contributed by atoms with Gasteiger partial charge in [-0.15, -0.1) is 0 Å². The summed E-state index contributed by atoms with van der Waals surface area (Å²) in [5.74, 6) is 0. The quantitative estimate of drug-likeness (QED) is 0.779. The van der Waals surface area contributed by atoms with Crippen molar-refractivity contribution in [2.45, 2.75) is 23.8 Å². The predicted molar refractivity (Wildman–Crippen MR) is 77.6 cm³/mol. The molecule has 0 amide bonds. The number of hydrogen-bond acceptors (Lipinski definition) is 4. The summed E-state index contributed by atoms with van der Waals surface area (Å²) in [5.41, 5.74) is 6.00. The average molecular weight is 370 g/mol. The summed E-state index contributed by atoms with van der Waals surface area (Å²) >= 11 is 9.06. The number of nitrogen functional groups attached to an aromatic ring is 1. The number of nitrogens with zero attached hydrogens (tertiary/aromatic N) is 1. The first kappa shape index (κ1) is 15.1. The minimum atomic E-state index is -3.65. The zero-order valence-electron chi connectivity index (χ0n) is 10.0. The predicted octanol–water partition coefficient (Wildman–Crippen LogP) is 1.83. The SMILES string of the molecule is Nc1cc(Cl)cc(S(=O)(=O)N2CCC(O)CC2)c1Br. The van der Waals surface area contributed by atoms with Gasteiger partial charge in [-0.05, 0) is 40.9 Å². The van der Waals surface area contributed by atoms with Crippen LogP contribution in [-0.4, -0.2) is 37.0 Å². The fraction of sp³-hybridized carbons (Fsp3) is 0.455. The number of nitrogens with two attached hydrogens (primary N) is 1. The van der Waals surface area contributed by atoms with Gasteiger partial charge in [0, 0.05) is 23.8 Å². The van der Waals surface area contributed by atoms with Crippen molar-refractivity contribution < 1.29 is 13.5 Å². The molecule has 1 aromatic carbocycles. The molecule has 8 heteroatoms. The first-order valence-electron chi connectivity index (χ1n) is 5.75. The number of halogens is 2. The van der Waals surface area contributed by atoms with E-state index in [4.69, 9.17) is 17.3 Å². The van der Waals surface area contributed by atoms with Crippen molar-refractivity contribution in [1.29, 1.82) is 0 Å². The van der Waals surface area contributed by atoms with E-state index in [9.17, 15) is 13.5 Å². The van der Waals surface area contributed by atoms with Crippen LogP contribution in [0.15, 0.2) is 21.5 Å². The van der Waals surface area contributed by atoms with Crippen molar-refractivity contribution in [3.63, 3.8) is 0 Å². The number of hydrogen-bond donors (Lipinski definition) is 2. The van der Waals surface area contributed by atoms with E-state index in [2.05, 4.69) is 15.9 Å². The Labute approximate surface area is 125 Å². The number of benzene rings is 1. The maximum absolute atomic E-state index is 12.5. The number of anilines is 1. The zero-order valence-corrected chi connectivity index (χ0v) is 13.2. The highest BCUT2D eigenvalue weighted by Gasteiger charge is 2.30. The topological polar surface area (TPSA) is 83.6 Å². The van der Waals surface area contributed by atoms with Crippen LogP contribution in [0.25, 0.3) is 0 Å². The molecule has 0 bridgehead atoms. The van der Waals surface area contributed by atoms with Gasteiger partial charge in [0.1, 0.15) is 0 Å². The number of rotatable bonds is 2. The van der Waals surface area contributed by atoms with Crippen LogP contribution >= 0.6 is 27.5 Å². The molecule has 1 fully saturated rings. The molecule has 0 unspecified atom stereocenters. The van der Waals surface area contributed by atoms with Crippen LogP contribution in [0, 0.1) is 0 Å². The van der Waals surface area contributed by atoms with Gasteiger partial charge in [-0.3, -0.25) is 0 Å². The summed E-state index contributed by atoms with van der Waals surface area (Å²) in [7, 11) is -3.65. The van der Waals surface area contributed by atoms with Crippen LogP contribution in [0.2, 0.25) is 5.02 Å². The summed E-state index contributed by atoms with van der Waals surface area (Å²) in [6, 6.07) is 2.87. The molecule has 0 aromatic heterocycles. The van der Waals surface area contributed by atoms with Crippen LogP contribution in [0.4, 0.5) is 5.69 Å². The molecule has 0 spiro atoms. The number of piperidine rings is 1. The van der Waals surface area contributed by atoms with Crippen molar-refractivity contribution in [2.24, 2.45) is 0 Å². The fourth-order valence-corrected chi connectivity index (χ4v) is 4.72. The first-order chi connectivity index (χ1) is 8.82. The minimum Gasteiger partial charge on any atom is -0.398 e. The smallest absolute Gasteiger partial charge is 0.244 e. The van der Waals surface area contributed by atoms with E-state index in [0.29, 0.717) is 30.4 Å². The maximum atomic E-state index is 12.5. The van der Waals surface area contributed by atoms with E-state index in [1.54, 1.807) is 0 Å². The zero-order chi connectivity index (χ0) is 14.2. The molecule has 106 valence electrons. The van der Waals surface area contributed by atoms with Crippen molar-refractivity contribution in [3.05, 3.63) is 21.6 Å². The van der Waals surface area contributed by atoms with Crippen molar-refractivity contribution >= 4 is 43.2 Å². The van der Waals surface area contributed by atoms with E-state index in [-0.39, 0.29) is 15.6 Å². The number of aliphatic hydroxyl groups is 1. The molecule has 1 aromatic rings. The van der Waals surface area contributed by atoms with Gasteiger partial charge in [-0.1, -0.05) is 11.6 Å². The normalized spacial score (nSPS) is 18.7. The lowest BCUT2D eigenvalue weighted by molar-refractivity contribution is 0.113. The Morgan fingerprint density at radius 1 is 1.37 bits per heavy atom. The highest BCUT2D eigenvalue weighted by atomic mass is 79.9. The third-order valence-corrected chi connectivity index (χ3v) is 6.36. The van der Waals surface area contributed by atoms with Crippen molar-refractivity contribution in [2.75, 3.05) is 18.8 Å². The van der Waals surface area contributed by atoms with Crippen LogP contribution < -0.4 is 5.73 Å². The highest BCUT2D eigenvalue weighted by molar-refractivity contribution is 9.10. The second kappa shape index (κ2) is 5.57. The third kappa shape index (κ3) is 3.05. The van der Waals surface area contributed by atoms with Crippen LogP contribution in [-0.2, 0) is 10.0 Å². The molecule has 19 heavy (non-hydrogen) atoms. The van der Waals surface area contributed by atoms with Gasteiger partial charge >= 0.3 is 0 Å². The summed E-state index contributed by atoms with van der Waals surface area (Å²) in [5, 5.41) is 9.71. The average Bonchev–Trinajstić information content (AvgIpc) is 2.34. The molecule has 5 nitrogen and oxygen atoms in total. The van der Waals surface area contributed by atoms with Crippen LogP contribution in [0.5, 0.6) is 0 Å². The summed E-state index contributed by atoms with van der Waals surface area (Å²) < 4.78 is 26.7. The second-order valence-corrected chi connectivity index (χ2v) is 7.58. The van der Waals surface area contributed by atoms with Crippen LogP contribution in [0.3, 0.4) is 0 Å². The highest BCUT2D eigenvalue weighted by Crippen LogP contribution is 2.34. The van der Waals surface area contributed by atoms with Gasteiger partial charge < -0.3 is 10.8 Å². The molecule has 1 aliphatic heterocycles. The number of aliphatic hydroxyl groups excluding tert-OH is 1. The fourth-order valence-electron chi connectivity index (χ4n) is 1.99. The van der Waals surface area contributed by atoms with Gasteiger partial charge in [0.05, 0.1) is 15.5 Å². The molecular formula is C11H14BrClN2O3S. The lowest BCUT2D eigenvalue weighted by atomic mass is 10.1. The lowest BCUT2D eigenvalue weighted by Crippen LogP contribution is -2.40. The molecular weight excluding hydrogens is 356 g/mol. The molecule has 1 heterocycles. The molecule has 1 aliphatic rings. The van der Waals surface area contributed by atoms with Gasteiger partial charge in [0.15, 0.2) is 0 Å². The monoisotopic (exact) mass is 368 g/mol. The van der Waals surface area contributed by atoms with Crippen molar-refractivity contribution in [1.82, 2.24) is 4.31 Å². The Kier molecular flexibility index (Phi) is 4.42. The largest absolute Gasteiger partial charge is 0.398 e. The Bertz CT molecular complexity index is 586. The standard InChI is InChI=1S/C11H14BrClN2O3S/c12-11-9(14)5-7(13)6-10(11)19(17,18)15-3-1-8(16)2-4-15/h5-6,8,16H,1-4,14H2. The number of sulfonamides is 1. The van der Waals surface area contributed by atoms with Crippen LogP contribution in [0.1, 0.15) is 12.8 Å².